The molecule has 0 aliphatic carbocycles. The van der Waals surface area contributed by atoms with Crippen LogP contribution in [0.1, 0.15) is 0 Å². The molecule has 0 bridgehead atoms. The maximum Gasteiger partial charge on any atom is 0.134 e. The van der Waals surface area contributed by atoms with Crippen molar-refractivity contribution in [1.29, 1.82) is 0 Å². The van der Waals surface area contributed by atoms with E-state index in [1.807, 2.05) is 0 Å². The van der Waals surface area contributed by atoms with Crippen LogP contribution >= 0.6 is 10.3 Å². The van der Waals surface area contributed by atoms with Crippen LogP contribution in [-0.4, -0.2) is 10.2 Å². The second-order valence-corrected chi connectivity index (χ2v) is 9.08. The minimum Gasteiger partial charge on any atom is -0.508 e. The average molecular weight is 395 g/mol. The summed E-state index contributed by atoms with van der Waals surface area (Å²) in [6, 6.07) is 20.1. The van der Waals surface area contributed by atoms with Crippen LogP contribution in [0.5, 0.6) is 11.5 Å². The number of hydrogen-bond donors (Lipinski definition) is 2. The van der Waals surface area contributed by atoms with Crippen molar-refractivity contribution in [3.63, 3.8) is 0 Å². The summed E-state index contributed by atoms with van der Waals surface area (Å²) in [6.07, 6.45) is 0. The molecule has 3 aromatic rings. The normalized spacial score (nSPS) is 12.7. The van der Waals surface area contributed by atoms with E-state index in [1.165, 1.54) is 48.5 Å². The van der Waals surface area contributed by atoms with Gasteiger partial charge in [-0.05, 0) is 60.7 Å². The molecule has 0 saturated carbocycles. The highest BCUT2D eigenvalue weighted by Crippen LogP contribution is 2.70. The summed E-state index contributed by atoms with van der Waals surface area (Å²) in [4.78, 5) is 1.28. The highest BCUT2D eigenvalue weighted by atomic mass is 35.7. The molecule has 0 amide bonds. The molecule has 0 heterocycles. The second-order valence-electron chi connectivity index (χ2n) is 5.30. The van der Waals surface area contributed by atoms with Crippen molar-refractivity contribution >= 4 is 10.3 Å². The van der Waals surface area contributed by atoms with Gasteiger partial charge in [-0.1, -0.05) is 18.2 Å². The first-order valence-corrected chi connectivity index (χ1v) is 10.2. The first kappa shape index (κ1) is 18.5. The molecular weight excluding hydrogens is 380 g/mol. The standard InChI is InChI=1S/C18H15ClO6S/c20-14-6-10-17(11-7-14)26(25-19(22,23)24,16-4-2-1-3-5-16)18-12-8-15(21)9-13-18/h1-13,20-21H. The summed E-state index contributed by atoms with van der Waals surface area (Å²) in [6.45, 7) is 0. The van der Waals surface area contributed by atoms with Crippen molar-refractivity contribution < 1.29 is 38.2 Å². The van der Waals surface area contributed by atoms with Crippen molar-refractivity contribution in [3.05, 3.63) is 78.9 Å². The average Bonchev–Trinajstić information content (AvgIpc) is 2.61. The van der Waals surface area contributed by atoms with Crippen LogP contribution in [0, 0.1) is 10.2 Å². The number of rotatable bonds is 5. The molecule has 2 N–H and O–H groups in total. The van der Waals surface area contributed by atoms with Crippen molar-refractivity contribution in [1.82, 2.24) is 0 Å². The van der Waals surface area contributed by atoms with Crippen LogP contribution in [0.25, 0.3) is 0 Å². The van der Waals surface area contributed by atoms with E-state index < -0.39 is 20.6 Å². The van der Waals surface area contributed by atoms with E-state index in [1.54, 1.807) is 30.3 Å². The van der Waals surface area contributed by atoms with Gasteiger partial charge in [-0.3, -0.25) is 0 Å². The van der Waals surface area contributed by atoms with Gasteiger partial charge in [-0.25, -0.2) is 0 Å². The predicted octanol–water partition coefficient (Wildman–Crippen LogP) is 1.21. The highest BCUT2D eigenvalue weighted by Gasteiger charge is 2.46. The Hall–Kier alpha value is -2.26. The molecule has 3 rings (SSSR count). The maximum atomic E-state index is 11.6. The Morgan fingerprint density at radius 2 is 1.00 bits per heavy atom. The summed E-state index contributed by atoms with van der Waals surface area (Å²) in [7, 11) is -7.73. The Balaban J connectivity index is 2.33. The fraction of sp³-hybridized carbons (Fsp3) is 0. The first-order chi connectivity index (χ1) is 12.3. The van der Waals surface area contributed by atoms with Gasteiger partial charge in [0.15, 0.2) is 0 Å². The largest absolute Gasteiger partial charge is 0.508 e. The molecule has 0 spiro atoms. The lowest BCUT2D eigenvalue weighted by molar-refractivity contribution is -1.91. The molecule has 0 aliphatic heterocycles. The van der Waals surface area contributed by atoms with Crippen molar-refractivity contribution in [2.24, 2.45) is 0 Å². The van der Waals surface area contributed by atoms with Crippen molar-refractivity contribution in [3.8, 4) is 11.5 Å². The van der Waals surface area contributed by atoms with Crippen LogP contribution in [-0.2, 0) is 3.74 Å². The van der Waals surface area contributed by atoms with E-state index in [0.29, 0.717) is 14.7 Å². The summed E-state index contributed by atoms with van der Waals surface area (Å²) < 4.78 is 40.0. The molecule has 8 heteroatoms. The Kier molecular flexibility index (Phi) is 5.10. The van der Waals surface area contributed by atoms with Gasteiger partial charge in [-0.15, -0.1) is 0 Å². The van der Waals surface area contributed by atoms with E-state index in [4.69, 9.17) is 3.74 Å². The third kappa shape index (κ3) is 3.78. The number of hydrogen-bond acceptors (Lipinski definition) is 6. The summed E-state index contributed by atoms with van der Waals surface area (Å²) in [5.41, 5.74) is 0. The van der Waals surface area contributed by atoms with Gasteiger partial charge in [0.2, 0.25) is 0 Å². The second kappa shape index (κ2) is 7.16. The zero-order chi connectivity index (χ0) is 18.8. The summed E-state index contributed by atoms with van der Waals surface area (Å²) in [5, 5.41) is 19.2. The number of benzene rings is 3. The van der Waals surface area contributed by atoms with Gasteiger partial charge < -0.3 is 10.2 Å². The quantitative estimate of drug-likeness (QED) is 0.671. The fourth-order valence-electron chi connectivity index (χ4n) is 2.52. The molecule has 136 valence electrons. The van der Waals surface area contributed by atoms with Gasteiger partial charge in [-0.2, -0.15) is 14.0 Å². The van der Waals surface area contributed by atoms with Gasteiger partial charge in [0.25, 0.3) is 0 Å². The van der Waals surface area contributed by atoms with E-state index >= 15 is 0 Å². The summed E-state index contributed by atoms with van der Waals surface area (Å²) in [5.74, 6) is -0.0216. The topological polar surface area (TPSA) is 119 Å². The molecular formula is C18H15ClO6S. The molecule has 26 heavy (non-hydrogen) atoms. The van der Waals surface area contributed by atoms with Crippen LogP contribution in [0.2, 0.25) is 0 Å². The molecule has 0 saturated heterocycles. The van der Waals surface area contributed by atoms with Crippen molar-refractivity contribution in [2.75, 3.05) is 0 Å². The number of phenols is 2. The molecule has 0 unspecified atom stereocenters. The molecule has 3 aromatic carbocycles. The summed E-state index contributed by atoms with van der Waals surface area (Å²) >= 11 is 0. The van der Waals surface area contributed by atoms with Gasteiger partial charge in [0.1, 0.15) is 15.2 Å². The lowest BCUT2D eigenvalue weighted by Crippen LogP contribution is -2.61. The van der Waals surface area contributed by atoms with E-state index in [-0.39, 0.29) is 11.5 Å². The Morgan fingerprint density at radius 3 is 1.38 bits per heavy atom. The third-order valence-corrected chi connectivity index (χ3v) is 7.77. The fourth-order valence-corrected chi connectivity index (χ4v) is 6.72. The highest BCUT2D eigenvalue weighted by molar-refractivity contribution is 8.29. The first-order valence-electron chi connectivity index (χ1n) is 7.40. The van der Waals surface area contributed by atoms with E-state index in [2.05, 4.69) is 0 Å². The smallest absolute Gasteiger partial charge is 0.134 e. The lowest BCUT2D eigenvalue weighted by atomic mass is 10.3. The van der Waals surface area contributed by atoms with Gasteiger partial charge in [0.05, 0.1) is 20.6 Å². The minimum absolute atomic E-state index is 0.0108. The van der Waals surface area contributed by atoms with Gasteiger partial charge >= 0.3 is 0 Å². The van der Waals surface area contributed by atoms with Crippen LogP contribution in [0.4, 0.5) is 0 Å². The predicted molar refractivity (Wildman–Crippen MR) is 86.1 cm³/mol. The van der Waals surface area contributed by atoms with Crippen LogP contribution in [0.15, 0.2) is 93.5 Å². The van der Waals surface area contributed by atoms with Crippen molar-refractivity contribution in [2.45, 2.75) is 14.7 Å². The van der Waals surface area contributed by atoms with Gasteiger partial charge in [0, 0.05) is 14.7 Å². The maximum absolute atomic E-state index is 11.6. The third-order valence-electron chi connectivity index (χ3n) is 3.58. The SMILES string of the molecule is [O-][Cl+3]([O-])([O-])OS(c1ccccc1)(c1ccc(O)cc1)c1ccc(O)cc1. The number of halogens is 1. The zero-order valence-corrected chi connectivity index (χ0v) is 14.9. The zero-order valence-electron chi connectivity index (χ0n) is 13.3. The molecule has 0 aromatic heterocycles. The minimum atomic E-state index is -4.77. The number of aromatic hydroxyl groups is 2. The van der Waals surface area contributed by atoms with E-state index in [0.717, 1.165) is 0 Å². The Morgan fingerprint density at radius 1 is 0.615 bits per heavy atom. The molecule has 0 fully saturated rings. The lowest BCUT2D eigenvalue weighted by Gasteiger charge is -2.34. The monoisotopic (exact) mass is 394 g/mol. The van der Waals surface area contributed by atoms with Crippen LogP contribution < -0.4 is 14.0 Å². The molecule has 0 atom stereocenters. The molecule has 0 aliphatic rings. The Bertz CT molecular complexity index is 817. The van der Waals surface area contributed by atoms with Crippen LogP contribution in [0.3, 0.4) is 0 Å². The number of phenolic OH excluding ortho intramolecular Hbond substituents is 2. The van der Waals surface area contributed by atoms with E-state index in [9.17, 15) is 24.2 Å². The Labute approximate surface area is 153 Å². The molecule has 6 nitrogen and oxygen atoms in total. The molecule has 0 radical (unpaired) electrons.